The van der Waals surface area contributed by atoms with Crippen LogP contribution in [0.4, 0.5) is 10.6 Å². The molecule has 0 saturated carbocycles. The fourth-order valence-corrected chi connectivity index (χ4v) is 1.10. The van der Waals surface area contributed by atoms with Crippen molar-refractivity contribution in [3.05, 3.63) is 42.6 Å². The Bertz CT molecular complexity index is 447. The van der Waals surface area contributed by atoms with E-state index in [1.54, 1.807) is 24.7 Å². The quantitative estimate of drug-likeness (QED) is 0.765. The third-order valence-corrected chi connectivity index (χ3v) is 1.89. The Hall–Kier alpha value is -2.17. The van der Waals surface area contributed by atoms with Gasteiger partial charge in [-0.15, -0.1) is 0 Å². The van der Waals surface area contributed by atoms with E-state index in [1.165, 1.54) is 10.9 Å². The van der Waals surface area contributed by atoms with Crippen LogP contribution in [-0.4, -0.2) is 20.6 Å². The van der Waals surface area contributed by atoms with Gasteiger partial charge in [0.1, 0.15) is 12.1 Å². The summed E-state index contributed by atoms with van der Waals surface area (Å²) in [6.07, 6.45) is 6.25. The minimum atomic E-state index is -0.274. The summed E-state index contributed by atoms with van der Waals surface area (Å²) in [4.78, 5) is 19.4. The van der Waals surface area contributed by atoms with Crippen molar-refractivity contribution in [2.45, 2.75) is 6.92 Å². The van der Waals surface area contributed by atoms with Crippen LogP contribution in [0.25, 0.3) is 0 Å². The normalized spacial score (nSPS) is 9.93. The molecule has 0 fully saturated rings. The van der Waals surface area contributed by atoms with E-state index >= 15 is 0 Å². The second-order valence-corrected chi connectivity index (χ2v) is 3.12. The van der Waals surface area contributed by atoms with Crippen molar-refractivity contribution in [3.63, 3.8) is 0 Å². The second-order valence-electron chi connectivity index (χ2n) is 3.12. The molecule has 5 heteroatoms. The van der Waals surface area contributed by atoms with Gasteiger partial charge in [-0.05, 0) is 18.6 Å². The molecule has 2 aromatic rings. The Morgan fingerprint density at radius 3 is 2.93 bits per heavy atom. The number of hydrogen-bond acceptors (Lipinski definition) is 3. The van der Waals surface area contributed by atoms with Crippen molar-refractivity contribution in [2.24, 2.45) is 0 Å². The van der Waals surface area contributed by atoms with Gasteiger partial charge in [0.2, 0.25) is 0 Å². The number of aromatic nitrogens is 3. The number of nitrogens with zero attached hydrogens (tertiary/aromatic N) is 3. The Morgan fingerprint density at radius 1 is 1.47 bits per heavy atom. The zero-order chi connectivity index (χ0) is 10.7. The monoisotopic (exact) mass is 202 g/mol. The number of amides is 1. The molecule has 0 unspecified atom stereocenters. The number of pyridine rings is 1. The summed E-state index contributed by atoms with van der Waals surface area (Å²) < 4.78 is 1.35. The standard InChI is InChI=1S/C10H10N4O/c1-8-2-3-9(12-6-8)13-10(15)14-5-4-11-7-14/h2-7H,1H3,(H,12,13,15). The molecule has 15 heavy (non-hydrogen) atoms. The maximum atomic E-state index is 11.5. The summed E-state index contributed by atoms with van der Waals surface area (Å²) in [5.41, 5.74) is 1.05. The van der Waals surface area contributed by atoms with Gasteiger partial charge in [0.05, 0.1) is 0 Å². The van der Waals surface area contributed by atoms with Gasteiger partial charge in [0.25, 0.3) is 0 Å². The highest BCUT2D eigenvalue weighted by atomic mass is 16.2. The van der Waals surface area contributed by atoms with Crippen LogP contribution in [0.1, 0.15) is 5.56 Å². The van der Waals surface area contributed by atoms with Gasteiger partial charge in [-0.2, -0.15) is 0 Å². The molecule has 0 atom stereocenters. The van der Waals surface area contributed by atoms with E-state index in [0.29, 0.717) is 5.82 Å². The van der Waals surface area contributed by atoms with Crippen molar-refractivity contribution < 1.29 is 4.79 Å². The van der Waals surface area contributed by atoms with Gasteiger partial charge < -0.3 is 0 Å². The smallest absolute Gasteiger partial charge is 0.292 e. The second kappa shape index (κ2) is 3.91. The molecule has 0 aliphatic heterocycles. The predicted octanol–water partition coefficient (Wildman–Crippen LogP) is 1.67. The molecule has 0 bridgehead atoms. The Kier molecular flexibility index (Phi) is 2.45. The van der Waals surface area contributed by atoms with Crippen LogP contribution >= 0.6 is 0 Å². The minimum Gasteiger partial charge on any atom is -0.292 e. The fraction of sp³-hybridized carbons (Fsp3) is 0.100. The van der Waals surface area contributed by atoms with Crippen molar-refractivity contribution in [3.8, 4) is 0 Å². The lowest BCUT2D eigenvalue weighted by molar-refractivity contribution is 0.253. The molecule has 76 valence electrons. The molecule has 0 aromatic carbocycles. The van der Waals surface area contributed by atoms with Gasteiger partial charge in [0, 0.05) is 18.6 Å². The van der Waals surface area contributed by atoms with Crippen LogP contribution in [0.2, 0.25) is 0 Å². The Labute approximate surface area is 86.8 Å². The number of carbonyl (C=O) groups excluding carboxylic acids is 1. The van der Waals surface area contributed by atoms with Crippen LogP contribution in [0.5, 0.6) is 0 Å². The SMILES string of the molecule is Cc1ccc(NC(=O)n2ccnc2)nc1. The lowest BCUT2D eigenvalue weighted by Crippen LogP contribution is -2.18. The van der Waals surface area contributed by atoms with Crippen molar-refractivity contribution in [2.75, 3.05) is 5.32 Å². The first-order chi connectivity index (χ1) is 7.25. The molecule has 1 amide bonds. The van der Waals surface area contributed by atoms with E-state index in [9.17, 15) is 4.79 Å². The van der Waals surface area contributed by atoms with Gasteiger partial charge in [-0.25, -0.2) is 14.8 Å². The lowest BCUT2D eigenvalue weighted by Gasteiger charge is -2.03. The Balaban J connectivity index is 2.09. The molecule has 0 aliphatic carbocycles. The highest BCUT2D eigenvalue weighted by Crippen LogP contribution is 2.04. The summed E-state index contributed by atoms with van der Waals surface area (Å²) in [6.45, 7) is 1.94. The molecule has 0 radical (unpaired) electrons. The van der Waals surface area contributed by atoms with Gasteiger partial charge in [0.15, 0.2) is 0 Å². The van der Waals surface area contributed by atoms with E-state index in [0.717, 1.165) is 5.56 Å². The number of rotatable bonds is 1. The summed E-state index contributed by atoms with van der Waals surface area (Å²) in [7, 11) is 0. The zero-order valence-electron chi connectivity index (χ0n) is 8.21. The molecule has 2 aromatic heterocycles. The number of anilines is 1. The number of carbonyl (C=O) groups is 1. The topological polar surface area (TPSA) is 59.8 Å². The number of aryl methyl sites for hydroxylation is 1. The maximum absolute atomic E-state index is 11.5. The maximum Gasteiger partial charge on any atom is 0.332 e. The summed E-state index contributed by atoms with van der Waals surface area (Å²) in [5.74, 6) is 0.527. The average molecular weight is 202 g/mol. The lowest BCUT2D eigenvalue weighted by atomic mass is 10.3. The molecule has 0 saturated heterocycles. The first-order valence-electron chi connectivity index (χ1n) is 4.48. The fourth-order valence-electron chi connectivity index (χ4n) is 1.10. The highest BCUT2D eigenvalue weighted by Gasteiger charge is 2.03. The zero-order valence-corrected chi connectivity index (χ0v) is 8.21. The third-order valence-electron chi connectivity index (χ3n) is 1.89. The molecule has 0 spiro atoms. The van der Waals surface area contributed by atoms with E-state index in [2.05, 4.69) is 15.3 Å². The average Bonchev–Trinajstić information content (AvgIpc) is 2.74. The third kappa shape index (κ3) is 2.19. The minimum absolute atomic E-state index is 0.274. The highest BCUT2D eigenvalue weighted by molar-refractivity contribution is 5.89. The predicted molar refractivity (Wildman–Crippen MR) is 55.6 cm³/mol. The van der Waals surface area contributed by atoms with E-state index in [4.69, 9.17) is 0 Å². The molecule has 0 aliphatic rings. The molecule has 5 nitrogen and oxygen atoms in total. The van der Waals surface area contributed by atoms with Crippen molar-refractivity contribution >= 4 is 11.8 Å². The number of hydrogen-bond donors (Lipinski definition) is 1. The van der Waals surface area contributed by atoms with Crippen LogP contribution in [0.15, 0.2) is 37.1 Å². The van der Waals surface area contributed by atoms with Gasteiger partial charge >= 0.3 is 6.03 Å². The van der Waals surface area contributed by atoms with Crippen LogP contribution in [0.3, 0.4) is 0 Å². The van der Waals surface area contributed by atoms with Crippen LogP contribution in [0, 0.1) is 6.92 Å². The van der Waals surface area contributed by atoms with Crippen molar-refractivity contribution in [1.29, 1.82) is 0 Å². The summed E-state index contributed by atoms with van der Waals surface area (Å²) >= 11 is 0. The summed E-state index contributed by atoms with van der Waals surface area (Å²) in [6, 6.07) is 3.37. The number of imidazole rings is 1. The summed E-state index contributed by atoms with van der Waals surface area (Å²) in [5, 5.41) is 2.64. The van der Waals surface area contributed by atoms with Crippen LogP contribution < -0.4 is 5.32 Å². The van der Waals surface area contributed by atoms with Crippen LogP contribution in [-0.2, 0) is 0 Å². The van der Waals surface area contributed by atoms with E-state index in [1.807, 2.05) is 13.0 Å². The number of nitrogens with one attached hydrogen (secondary N) is 1. The molecule has 2 heterocycles. The van der Waals surface area contributed by atoms with E-state index in [-0.39, 0.29) is 6.03 Å². The van der Waals surface area contributed by atoms with E-state index < -0.39 is 0 Å². The molecule has 1 N–H and O–H groups in total. The largest absolute Gasteiger partial charge is 0.332 e. The first-order valence-corrected chi connectivity index (χ1v) is 4.48. The van der Waals surface area contributed by atoms with Gasteiger partial charge in [-0.3, -0.25) is 9.88 Å². The molecular formula is C10H10N4O. The first kappa shape index (κ1) is 9.39. The molecular weight excluding hydrogens is 192 g/mol. The van der Waals surface area contributed by atoms with Gasteiger partial charge in [-0.1, -0.05) is 6.07 Å². The Morgan fingerprint density at radius 2 is 2.33 bits per heavy atom. The van der Waals surface area contributed by atoms with Crippen molar-refractivity contribution in [1.82, 2.24) is 14.5 Å². The molecule has 2 rings (SSSR count).